The summed E-state index contributed by atoms with van der Waals surface area (Å²) in [5, 5.41) is 9.71. The number of nitriles is 1. The number of carbonyl (C=O) groups excluding carboxylic acids is 1. The van der Waals surface area contributed by atoms with Gasteiger partial charge in [0, 0.05) is 24.5 Å². The number of pyridine rings is 1. The number of carbonyl (C=O) groups is 1. The summed E-state index contributed by atoms with van der Waals surface area (Å²) in [6.07, 6.45) is 3.30. The van der Waals surface area contributed by atoms with Crippen molar-refractivity contribution >= 4 is 5.91 Å². The van der Waals surface area contributed by atoms with E-state index in [1.54, 1.807) is 18.5 Å². The lowest BCUT2D eigenvalue weighted by Gasteiger charge is -2.21. The van der Waals surface area contributed by atoms with Gasteiger partial charge in [0.1, 0.15) is 6.04 Å². The van der Waals surface area contributed by atoms with Crippen LogP contribution in [0.4, 0.5) is 0 Å². The molecule has 3 rings (SSSR count). The molecule has 0 fully saturated rings. The van der Waals surface area contributed by atoms with Crippen LogP contribution in [0.3, 0.4) is 0 Å². The van der Waals surface area contributed by atoms with Gasteiger partial charge < -0.3 is 19.1 Å². The quantitative estimate of drug-likeness (QED) is 0.831. The Morgan fingerprint density at radius 2 is 1.84 bits per heavy atom. The second-order valence-corrected chi connectivity index (χ2v) is 5.43. The van der Waals surface area contributed by atoms with Crippen molar-refractivity contribution in [1.29, 1.82) is 5.26 Å². The minimum absolute atomic E-state index is 0.252. The monoisotopic (exact) mass is 339 g/mol. The van der Waals surface area contributed by atoms with Gasteiger partial charge in [0.25, 0.3) is 5.91 Å². The second-order valence-electron chi connectivity index (χ2n) is 5.43. The summed E-state index contributed by atoms with van der Waals surface area (Å²) >= 11 is 0. The molecular formula is C18H17N3O4. The Balaban J connectivity index is 2.12. The first-order valence-corrected chi connectivity index (χ1v) is 7.58. The first-order valence-electron chi connectivity index (χ1n) is 7.58. The minimum atomic E-state index is -0.773. The maximum absolute atomic E-state index is 12.9. The number of amides is 1. The summed E-state index contributed by atoms with van der Waals surface area (Å²) in [7, 11) is 4.45. The zero-order chi connectivity index (χ0) is 18.0. The van der Waals surface area contributed by atoms with Crippen molar-refractivity contribution in [2.45, 2.75) is 12.6 Å². The summed E-state index contributed by atoms with van der Waals surface area (Å²) in [5.41, 5.74) is 1.77. The Kier molecular flexibility index (Phi) is 4.44. The molecule has 25 heavy (non-hydrogen) atoms. The third kappa shape index (κ3) is 2.62. The Morgan fingerprint density at radius 1 is 1.16 bits per heavy atom. The first kappa shape index (κ1) is 16.6. The van der Waals surface area contributed by atoms with Crippen LogP contribution in [-0.2, 0) is 6.54 Å². The molecule has 1 aromatic carbocycles. The van der Waals surface area contributed by atoms with Gasteiger partial charge in [0.2, 0.25) is 5.75 Å². The predicted octanol–water partition coefficient (Wildman–Crippen LogP) is 2.33. The van der Waals surface area contributed by atoms with Crippen LogP contribution in [0.5, 0.6) is 17.2 Å². The zero-order valence-electron chi connectivity index (χ0n) is 14.1. The van der Waals surface area contributed by atoms with Crippen LogP contribution in [-0.4, -0.2) is 37.1 Å². The van der Waals surface area contributed by atoms with E-state index < -0.39 is 6.04 Å². The lowest BCUT2D eigenvalue weighted by atomic mass is 10.0. The molecule has 0 bridgehead atoms. The molecule has 1 unspecified atom stereocenters. The summed E-state index contributed by atoms with van der Waals surface area (Å²) < 4.78 is 16.1. The Morgan fingerprint density at radius 3 is 2.40 bits per heavy atom. The largest absolute Gasteiger partial charge is 0.493 e. The Bertz CT molecular complexity index is 846. The number of nitrogens with zero attached hydrogens (tertiary/aromatic N) is 3. The molecule has 0 spiro atoms. The van der Waals surface area contributed by atoms with Crippen molar-refractivity contribution in [2.75, 3.05) is 21.3 Å². The van der Waals surface area contributed by atoms with E-state index in [1.165, 1.54) is 26.2 Å². The molecule has 2 heterocycles. The van der Waals surface area contributed by atoms with E-state index in [4.69, 9.17) is 14.2 Å². The van der Waals surface area contributed by atoms with Gasteiger partial charge in [-0.2, -0.15) is 5.26 Å². The highest BCUT2D eigenvalue weighted by Crippen LogP contribution is 2.49. The third-order valence-corrected chi connectivity index (χ3v) is 4.17. The molecular weight excluding hydrogens is 322 g/mol. The van der Waals surface area contributed by atoms with Gasteiger partial charge in [0.05, 0.1) is 33.0 Å². The molecule has 1 atom stereocenters. The van der Waals surface area contributed by atoms with Crippen LogP contribution in [0.2, 0.25) is 0 Å². The normalized spacial score (nSPS) is 15.5. The van der Waals surface area contributed by atoms with Crippen molar-refractivity contribution in [1.82, 2.24) is 9.88 Å². The van der Waals surface area contributed by atoms with Crippen LogP contribution in [0.25, 0.3) is 0 Å². The summed E-state index contributed by atoms with van der Waals surface area (Å²) in [5.74, 6) is 0.836. The van der Waals surface area contributed by atoms with E-state index in [-0.39, 0.29) is 5.91 Å². The highest BCUT2D eigenvalue weighted by molar-refractivity contribution is 6.01. The Labute approximate surface area is 145 Å². The van der Waals surface area contributed by atoms with E-state index in [0.29, 0.717) is 34.9 Å². The van der Waals surface area contributed by atoms with Crippen molar-refractivity contribution in [3.8, 4) is 23.3 Å². The molecule has 0 N–H and O–H groups in total. The highest BCUT2D eigenvalue weighted by atomic mass is 16.5. The van der Waals surface area contributed by atoms with Crippen molar-refractivity contribution in [2.24, 2.45) is 0 Å². The fraction of sp³-hybridized carbons (Fsp3) is 0.278. The number of aromatic nitrogens is 1. The molecule has 1 aliphatic rings. The molecule has 128 valence electrons. The van der Waals surface area contributed by atoms with Gasteiger partial charge in [-0.3, -0.25) is 9.78 Å². The summed E-state index contributed by atoms with van der Waals surface area (Å²) in [4.78, 5) is 18.4. The molecule has 7 heteroatoms. The molecule has 0 aliphatic carbocycles. The topological polar surface area (TPSA) is 84.7 Å². The van der Waals surface area contributed by atoms with Crippen LogP contribution in [0, 0.1) is 11.3 Å². The molecule has 2 aromatic rings. The number of benzene rings is 1. The lowest BCUT2D eigenvalue weighted by Crippen LogP contribution is -2.26. The maximum atomic E-state index is 12.9. The van der Waals surface area contributed by atoms with Gasteiger partial charge in [-0.05, 0) is 23.8 Å². The number of rotatable bonds is 5. The summed E-state index contributed by atoms with van der Waals surface area (Å²) in [6.45, 7) is 0.294. The standard InChI is InChI=1S/C18H17N3O4/c1-23-14-8-12-15(17(25-3)16(14)24-2)13(9-19)21(18(12)22)10-11-4-6-20-7-5-11/h4-8,13H,10H2,1-3H3. The fourth-order valence-corrected chi connectivity index (χ4v) is 3.04. The van der Waals surface area contributed by atoms with Gasteiger partial charge in [-0.1, -0.05) is 0 Å². The van der Waals surface area contributed by atoms with Crippen molar-refractivity contribution < 1.29 is 19.0 Å². The van der Waals surface area contributed by atoms with E-state index in [1.807, 2.05) is 12.1 Å². The van der Waals surface area contributed by atoms with E-state index in [2.05, 4.69) is 11.1 Å². The van der Waals surface area contributed by atoms with Gasteiger partial charge in [-0.15, -0.1) is 0 Å². The number of hydrogen-bond donors (Lipinski definition) is 0. The smallest absolute Gasteiger partial charge is 0.256 e. The fourth-order valence-electron chi connectivity index (χ4n) is 3.04. The van der Waals surface area contributed by atoms with Crippen molar-refractivity contribution in [3.63, 3.8) is 0 Å². The van der Waals surface area contributed by atoms with E-state index >= 15 is 0 Å². The van der Waals surface area contributed by atoms with Crippen molar-refractivity contribution in [3.05, 3.63) is 47.3 Å². The SMILES string of the molecule is COc1cc2c(c(OC)c1OC)C(C#N)N(Cc1ccncc1)C2=O. The number of hydrogen-bond acceptors (Lipinski definition) is 6. The van der Waals surface area contributed by atoms with Gasteiger partial charge >= 0.3 is 0 Å². The zero-order valence-corrected chi connectivity index (χ0v) is 14.1. The molecule has 0 radical (unpaired) electrons. The predicted molar refractivity (Wildman–Crippen MR) is 88.6 cm³/mol. The molecule has 7 nitrogen and oxygen atoms in total. The maximum Gasteiger partial charge on any atom is 0.256 e. The molecule has 1 amide bonds. The average Bonchev–Trinajstić information content (AvgIpc) is 2.92. The van der Waals surface area contributed by atoms with Crippen LogP contribution in [0.15, 0.2) is 30.6 Å². The molecule has 1 aromatic heterocycles. The number of methoxy groups -OCH3 is 3. The number of fused-ring (bicyclic) bond motifs is 1. The second kappa shape index (κ2) is 6.69. The molecule has 0 saturated carbocycles. The highest BCUT2D eigenvalue weighted by Gasteiger charge is 2.41. The number of ether oxygens (including phenoxy) is 3. The van der Waals surface area contributed by atoms with Gasteiger partial charge in [0.15, 0.2) is 11.5 Å². The summed E-state index contributed by atoms with van der Waals surface area (Å²) in [6, 6.07) is 6.64. The van der Waals surface area contributed by atoms with Crippen LogP contribution < -0.4 is 14.2 Å². The molecule has 1 aliphatic heterocycles. The average molecular weight is 339 g/mol. The van der Waals surface area contributed by atoms with Gasteiger partial charge in [-0.25, -0.2) is 0 Å². The minimum Gasteiger partial charge on any atom is -0.493 e. The van der Waals surface area contributed by atoms with Crippen LogP contribution >= 0.6 is 0 Å². The van der Waals surface area contributed by atoms with Crippen LogP contribution in [0.1, 0.15) is 27.5 Å². The lowest BCUT2D eigenvalue weighted by molar-refractivity contribution is 0.0744. The first-order chi connectivity index (χ1) is 12.2. The Hall–Kier alpha value is -3.27. The third-order valence-electron chi connectivity index (χ3n) is 4.17. The van der Waals surface area contributed by atoms with E-state index in [0.717, 1.165) is 5.56 Å². The molecule has 0 saturated heterocycles. The van der Waals surface area contributed by atoms with E-state index in [9.17, 15) is 10.1 Å².